The zero-order chi connectivity index (χ0) is 22.5. The van der Waals surface area contributed by atoms with Gasteiger partial charge >= 0.3 is 0 Å². The summed E-state index contributed by atoms with van der Waals surface area (Å²) in [6, 6.07) is 20.5. The Morgan fingerprint density at radius 3 is 2.69 bits per heavy atom. The quantitative estimate of drug-likeness (QED) is 0.642. The van der Waals surface area contributed by atoms with Crippen LogP contribution in [0.4, 0.5) is 10.1 Å². The maximum absolute atomic E-state index is 13.5. The third-order valence-electron chi connectivity index (χ3n) is 5.82. The smallest absolute Gasteiger partial charge is 0.232 e. The fraction of sp³-hybridized carbons (Fsp3) is 0.308. The molecule has 3 aromatic rings. The van der Waals surface area contributed by atoms with Gasteiger partial charge in [-0.1, -0.05) is 30.3 Å². The second-order valence-electron chi connectivity index (χ2n) is 8.41. The fourth-order valence-electron chi connectivity index (χ4n) is 4.04. The number of hydrogen-bond acceptors (Lipinski definition) is 4. The lowest BCUT2D eigenvalue weighted by Crippen LogP contribution is -2.48. The second kappa shape index (κ2) is 10.0. The fourth-order valence-corrected chi connectivity index (χ4v) is 4.04. The van der Waals surface area contributed by atoms with Crippen molar-refractivity contribution in [2.24, 2.45) is 0 Å². The van der Waals surface area contributed by atoms with Crippen LogP contribution >= 0.6 is 0 Å². The van der Waals surface area contributed by atoms with Crippen LogP contribution in [0.25, 0.3) is 11.3 Å². The molecule has 1 atom stereocenters. The van der Waals surface area contributed by atoms with Crippen molar-refractivity contribution >= 4 is 11.6 Å². The summed E-state index contributed by atoms with van der Waals surface area (Å²) in [6.45, 7) is 6.23. The van der Waals surface area contributed by atoms with Crippen molar-refractivity contribution in [3.8, 4) is 11.3 Å². The lowest BCUT2D eigenvalue weighted by molar-refractivity contribution is -0.117. The summed E-state index contributed by atoms with van der Waals surface area (Å²) in [6.07, 6.45) is 0.181. The van der Waals surface area contributed by atoms with Crippen LogP contribution in [0.15, 0.2) is 66.7 Å². The van der Waals surface area contributed by atoms with Crippen molar-refractivity contribution in [3.63, 3.8) is 0 Å². The molecule has 1 N–H and O–H groups in total. The highest BCUT2D eigenvalue weighted by Crippen LogP contribution is 2.20. The number of carbonyl (C=O) groups is 1. The highest BCUT2D eigenvalue weighted by molar-refractivity contribution is 5.94. The number of amides is 1. The van der Waals surface area contributed by atoms with E-state index in [9.17, 15) is 9.18 Å². The number of anilines is 1. The molecule has 0 bridgehead atoms. The number of nitrogens with one attached hydrogen (secondary N) is 1. The van der Waals surface area contributed by atoms with E-state index in [1.807, 2.05) is 36.4 Å². The number of piperazine rings is 1. The van der Waals surface area contributed by atoms with Crippen molar-refractivity contribution in [3.05, 3.63) is 83.8 Å². The van der Waals surface area contributed by atoms with E-state index in [0.717, 1.165) is 31.9 Å². The molecule has 1 aliphatic rings. The van der Waals surface area contributed by atoms with Gasteiger partial charge in [0.25, 0.3) is 0 Å². The van der Waals surface area contributed by atoms with Gasteiger partial charge in [-0.25, -0.2) is 4.39 Å². The summed E-state index contributed by atoms with van der Waals surface area (Å²) in [5.41, 5.74) is 4.11. The topological polar surface area (TPSA) is 48.5 Å². The van der Waals surface area contributed by atoms with Gasteiger partial charge in [-0.05, 0) is 48.9 Å². The number of carbonyl (C=O) groups excluding carboxylic acids is 1. The number of benzene rings is 2. The molecule has 0 aliphatic carbocycles. The van der Waals surface area contributed by atoms with Gasteiger partial charge in [0.05, 0.1) is 17.8 Å². The summed E-state index contributed by atoms with van der Waals surface area (Å²) >= 11 is 0. The highest BCUT2D eigenvalue weighted by atomic mass is 19.1. The molecule has 32 heavy (non-hydrogen) atoms. The van der Waals surface area contributed by atoms with E-state index in [2.05, 4.69) is 34.3 Å². The van der Waals surface area contributed by atoms with E-state index in [1.165, 1.54) is 17.7 Å². The summed E-state index contributed by atoms with van der Waals surface area (Å²) in [7, 11) is 1.78. The van der Waals surface area contributed by atoms with Gasteiger partial charge in [0.1, 0.15) is 5.82 Å². The van der Waals surface area contributed by atoms with Crippen LogP contribution in [0.3, 0.4) is 0 Å². The van der Waals surface area contributed by atoms with Gasteiger partial charge in [0, 0.05) is 50.5 Å². The number of aromatic nitrogens is 1. The molecule has 1 amide bonds. The SMILES string of the molecule is C[C@H]1CN(Cc2ccc(N(C)C(=O)Cc3cccc(-c4cccc(F)c4)n3)cc2)CCN1. The minimum Gasteiger partial charge on any atom is -0.315 e. The molecule has 6 heteroatoms. The van der Waals surface area contributed by atoms with Crippen molar-refractivity contribution < 1.29 is 9.18 Å². The number of pyridine rings is 1. The van der Waals surface area contributed by atoms with E-state index in [0.29, 0.717) is 23.0 Å². The zero-order valence-corrected chi connectivity index (χ0v) is 18.6. The lowest BCUT2D eigenvalue weighted by atomic mass is 10.1. The third-order valence-corrected chi connectivity index (χ3v) is 5.82. The van der Waals surface area contributed by atoms with Crippen LogP contribution in [0, 0.1) is 5.82 Å². The van der Waals surface area contributed by atoms with Gasteiger partial charge in [-0.3, -0.25) is 14.7 Å². The molecule has 2 aromatic carbocycles. The van der Waals surface area contributed by atoms with Crippen molar-refractivity contribution in [2.75, 3.05) is 31.6 Å². The molecular weight excluding hydrogens is 403 g/mol. The Bertz CT molecular complexity index is 1070. The van der Waals surface area contributed by atoms with Gasteiger partial charge < -0.3 is 10.2 Å². The highest BCUT2D eigenvalue weighted by Gasteiger charge is 2.16. The Balaban J connectivity index is 1.39. The van der Waals surface area contributed by atoms with Crippen LogP contribution in [0.1, 0.15) is 18.2 Å². The summed E-state index contributed by atoms with van der Waals surface area (Å²) in [5.74, 6) is -0.349. The molecule has 166 valence electrons. The Morgan fingerprint density at radius 1 is 1.16 bits per heavy atom. The maximum Gasteiger partial charge on any atom is 0.232 e. The van der Waals surface area contributed by atoms with Crippen LogP contribution < -0.4 is 10.2 Å². The van der Waals surface area contributed by atoms with E-state index >= 15 is 0 Å². The molecular formula is C26H29FN4O. The summed E-state index contributed by atoms with van der Waals surface area (Å²) in [5, 5.41) is 3.46. The first-order chi connectivity index (χ1) is 15.5. The van der Waals surface area contributed by atoms with E-state index in [1.54, 1.807) is 18.0 Å². The molecule has 1 fully saturated rings. The first-order valence-corrected chi connectivity index (χ1v) is 11.0. The number of likely N-dealkylation sites (N-methyl/N-ethyl adjacent to an activating group) is 1. The van der Waals surface area contributed by atoms with Crippen LogP contribution in [-0.2, 0) is 17.8 Å². The molecule has 0 unspecified atom stereocenters. The van der Waals surface area contributed by atoms with E-state index in [4.69, 9.17) is 0 Å². The third kappa shape index (κ3) is 5.58. The van der Waals surface area contributed by atoms with E-state index < -0.39 is 0 Å². The predicted molar refractivity (Wildman–Crippen MR) is 126 cm³/mol. The van der Waals surface area contributed by atoms with Crippen molar-refractivity contribution in [1.29, 1.82) is 0 Å². The molecule has 0 spiro atoms. The molecule has 1 aromatic heterocycles. The largest absolute Gasteiger partial charge is 0.315 e. The predicted octanol–water partition coefficient (Wildman–Crippen LogP) is 3.89. The van der Waals surface area contributed by atoms with Gasteiger partial charge in [0.15, 0.2) is 0 Å². The first kappa shape index (κ1) is 22.1. The molecule has 5 nitrogen and oxygen atoms in total. The molecule has 1 aliphatic heterocycles. The Morgan fingerprint density at radius 2 is 1.94 bits per heavy atom. The maximum atomic E-state index is 13.5. The van der Waals surface area contributed by atoms with Crippen LogP contribution in [-0.4, -0.2) is 48.5 Å². The number of rotatable bonds is 6. The summed E-state index contributed by atoms with van der Waals surface area (Å²) in [4.78, 5) is 21.5. The number of halogens is 1. The standard InChI is InChI=1S/C26H29FN4O/c1-19-17-31(14-13-28-19)18-20-9-11-24(12-10-20)30(2)26(32)16-23-7-4-8-25(29-23)21-5-3-6-22(27)15-21/h3-12,15,19,28H,13-14,16-18H2,1-2H3/t19-/m0/s1. The minimum absolute atomic E-state index is 0.0439. The van der Waals surface area contributed by atoms with Crippen molar-refractivity contribution in [2.45, 2.75) is 25.9 Å². The van der Waals surface area contributed by atoms with Crippen LogP contribution in [0.2, 0.25) is 0 Å². The molecule has 1 saturated heterocycles. The van der Waals surface area contributed by atoms with Gasteiger partial charge in [-0.15, -0.1) is 0 Å². The average Bonchev–Trinajstić information content (AvgIpc) is 2.79. The van der Waals surface area contributed by atoms with Gasteiger partial charge in [0.2, 0.25) is 5.91 Å². The Kier molecular flexibility index (Phi) is 6.93. The van der Waals surface area contributed by atoms with E-state index in [-0.39, 0.29) is 18.1 Å². The molecule has 4 rings (SSSR count). The average molecular weight is 433 g/mol. The minimum atomic E-state index is -0.305. The molecule has 0 saturated carbocycles. The first-order valence-electron chi connectivity index (χ1n) is 11.0. The number of hydrogen-bond donors (Lipinski definition) is 1. The lowest BCUT2D eigenvalue weighted by Gasteiger charge is -2.31. The van der Waals surface area contributed by atoms with Crippen LogP contribution in [0.5, 0.6) is 0 Å². The molecule has 2 heterocycles. The second-order valence-corrected chi connectivity index (χ2v) is 8.41. The Hall–Kier alpha value is -3.09. The van der Waals surface area contributed by atoms with Crippen molar-refractivity contribution in [1.82, 2.24) is 15.2 Å². The summed E-state index contributed by atoms with van der Waals surface area (Å²) < 4.78 is 13.5. The monoisotopic (exact) mass is 432 g/mol. The molecule has 0 radical (unpaired) electrons. The number of nitrogens with zero attached hydrogens (tertiary/aromatic N) is 3. The Labute approximate surface area is 188 Å². The zero-order valence-electron chi connectivity index (χ0n) is 18.6. The normalized spacial score (nSPS) is 16.7. The van der Waals surface area contributed by atoms with Gasteiger partial charge in [-0.2, -0.15) is 0 Å².